The first-order valence-electron chi connectivity index (χ1n) is 20.6. The molecule has 0 aromatic carbocycles. The Morgan fingerprint density at radius 3 is 1.09 bits per heavy atom. The number of unbranched alkanes of at least 4 members (excludes halogenated alkanes) is 28. The van der Waals surface area contributed by atoms with E-state index in [4.69, 9.17) is 14.3 Å². The third-order valence-corrected chi connectivity index (χ3v) is 9.37. The number of nitrogens with zero attached hydrogens (tertiary/aromatic N) is 1. The Kier molecular flexibility index (Phi) is 40.9. The standard InChI is InChI=1S/C41H83NO3/c1-4-6-8-10-12-14-16-18-20-22-24-26-28-30-32-35-41(45-42-37-34-38-44-40-39-43-3)36-33-31-29-27-25-23-21-19-17-15-13-11-9-7-5-2/h37,41H,4-36,38-40H2,1-3H3/b42-37+. The van der Waals surface area contributed by atoms with Crippen LogP contribution in [0.15, 0.2) is 5.16 Å². The van der Waals surface area contributed by atoms with E-state index in [0.29, 0.717) is 19.8 Å². The summed E-state index contributed by atoms with van der Waals surface area (Å²) in [6.45, 7) is 6.57. The van der Waals surface area contributed by atoms with Crippen molar-refractivity contribution in [1.29, 1.82) is 0 Å². The fourth-order valence-electron chi connectivity index (χ4n) is 6.30. The van der Waals surface area contributed by atoms with Gasteiger partial charge in [0, 0.05) is 19.7 Å². The molecule has 0 saturated carbocycles. The van der Waals surface area contributed by atoms with Gasteiger partial charge in [0.15, 0.2) is 0 Å². The summed E-state index contributed by atoms with van der Waals surface area (Å²) in [5.41, 5.74) is 0. The number of oxime groups is 1. The van der Waals surface area contributed by atoms with Crippen molar-refractivity contribution < 1.29 is 14.3 Å². The normalized spacial score (nSPS) is 11.8. The SMILES string of the molecule is CCCCCCCCCCCCCCCCCC(CCCCCCCCCCCCCCCCC)O/N=C/CCOCCOC. The summed E-state index contributed by atoms with van der Waals surface area (Å²) >= 11 is 0. The van der Waals surface area contributed by atoms with Crippen LogP contribution in [-0.4, -0.2) is 39.2 Å². The van der Waals surface area contributed by atoms with Gasteiger partial charge in [-0.2, -0.15) is 0 Å². The molecule has 0 radical (unpaired) electrons. The van der Waals surface area contributed by atoms with E-state index in [-0.39, 0.29) is 6.10 Å². The Bertz CT molecular complexity index is 507. The Morgan fingerprint density at radius 1 is 0.422 bits per heavy atom. The van der Waals surface area contributed by atoms with Crippen LogP contribution >= 0.6 is 0 Å². The first kappa shape index (κ1) is 44.4. The zero-order chi connectivity index (χ0) is 32.6. The van der Waals surface area contributed by atoms with Crippen LogP contribution in [0.1, 0.15) is 226 Å². The van der Waals surface area contributed by atoms with Gasteiger partial charge in [-0.05, 0) is 25.7 Å². The number of methoxy groups -OCH3 is 1. The lowest BCUT2D eigenvalue weighted by atomic mass is 10.0. The maximum atomic E-state index is 6.00. The predicted molar refractivity (Wildman–Crippen MR) is 200 cm³/mol. The van der Waals surface area contributed by atoms with E-state index in [2.05, 4.69) is 19.0 Å². The van der Waals surface area contributed by atoms with Crippen molar-refractivity contribution >= 4 is 6.21 Å². The second kappa shape index (κ2) is 41.4. The third kappa shape index (κ3) is 39.5. The van der Waals surface area contributed by atoms with E-state index in [1.54, 1.807) is 7.11 Å². The lowest BCUT2D eigenvalue weighted by Crippen LogP contribution is -2.10. The smallest absolute Gasteiger partial charge is 0.127 e. The molecule has 270 valence electrons. The Morgan fingerprint density at radius 2 is 0.756 bits per heavy atom. The van der Waals surface area contributed by atoms with E-state index in [0.717, 1.165) is 19.3 Å². The molecule has 0 aliphatic heterocycles. The lowest BCUT2D eigenvalue weighted by molar-refractivity contribution is 0.0426. The molecule has 0 saturated heterocycles. The van der Waals surface area contributed by atoms with Crippen LogP contribution in [0.5, 0.6) is 0 Å². The van der Waals surface area contributed by atoms with Gasteiger partial charge >= 0.3 is 0 Å². The molecule has 0 bridgehead atoms. The van der Waals surface area contributed by atoms with E-state index < -0.39 is 0 Å². The van der Waals surface area contributed by atoms with Crippen molar-refractivity contribution in [1.82, 2.24) is 0 Å². The monoisotopic (exact) mass is 638 g/mol. The minimum absolute atomic E-state index is 0.277. The zero-order valence-electron chi connectivity index (χ0n) is 31.3. The molecule has 45 heavy (non-hydrogen) atoms. The molecule has 0 aliphatic rings. The van der Waals surface area contributed by atoms with Gasteiger partial charge in [0.2, 0.25) is 0 Å². The van der Waals surface area contributed by atoms with Gasteiger partial charge in [-0.25, -0.2) is 0 Å². The fourth-order valence-corrected chi connectivity index (χ4v) is 6.30. The molecule has 0 atom stereocenters. The molecule has 0 aromatic heterocycles. The van der Waals surface area contributed by atoms with Crippen LogP contribution in [0.25, 0.3) is 0 Å². The van der Waals surface area contributed by atoms with Gasteiger partial charge in [-0.1, -0.05) is 199 Å². The molecular formula is C41H83NO3. The van der Waals surface area contributed by atoms with Gasteiger partial charge in [-0.15, -0.1) is 0 Å². The first-order valence-corrected chi connectivity index (χ1v) is 20.6. The van der Waals surface area contributed by atoms with Crippen molar-refractivity contribution in [2.45, 2.75) is 232 Å². The molecule has 4 heteroatoms. The largest absolute Gasteiger partial charge is 0.393 e. The molecule has 0 heterocycles. The van der Waals surface area contributed by atoms with E-state index in [9.17, 15) is 0 Å². The molecule has 0 aliphatic carbocycles. The predicted octanol–water partition coefficient (Wildman–Crippen LogP) is 13.9. The maximum Gasteiger partial charge on any atom is 0.127 e. The van der Waals surface area contributed by atoms with Gasteiger partial charge in [0.05, 0.1) is 19.8 Å². The molecule has 0 aromatic rings. The lowest BCUT2D eigenvalue weighted by Gasteiger charge is -2.15. The molecule has 4 nitrogen and oxygen atoms in total. The van der Waals surface area contributed by atoms with Gasteiger partial charge in [-0.3, -0.25) is 0 Å². The summed E-state index contributed by atoms with van der Waals surface area (Å²) in [5, 5.41) is 4.33. The third-order valence-electron chi connectivity index (χ3n) is 9.37. The molecule has 0 spiro atoms. The van der Waals surface area contributed by atoms with Crippen LogP contribution in [-0.2, 0) is 14.3 Å². The molecule has 0 rings (SSSR count). The number of ether oxygens (including phenoxy) is 2. The van der Waals surface area contributed by atoms with Crippen LogP contribution in [0, 0.1) is 0 Å². The van der Waals surface area contributed by atoms with Crippen LogP contribution in [0.4, 0.5) is 0 Å². The summed E-state index contributed by atoms with van der Waals surface area (Å²) in [6, 6.07) is 0. The van der Waals surface area contributed by atoms with Crippen LogP contribution in [0.2, 0.25) is 0 Å². The summed E-state index contributed by atoms with van der Waals surface area (Å²) in [7, 11) is 1.70. The van der Waals surface area contributed by atoms with Gasteiger partial charge < -0.3 is 14.3 Å². The molecule has 0 amide bonds. The van der Waals surface area contributed by atoms with Gasteiger partial charge in [0.1, 0.15) is 6.10 Å². The molecule has 0 fully saturated rings. The average molecular weight is 638 g/mol. The van der Waals surface area contributed by atoms with E-state index in [1.807, 2.05) is 6.21 Å². The Hall–Kier alpha value is -0.610. The molecule has 0 N–H and O–H groups in total. The fraction of sp³-hybridized carbons (Fsp3) is 0.976. The minimum atomic E-state index is 0.277. The van der Waals surface area contributed by atoms with Crippen LogP contribution in [0.3, 0.4) is 0 Å². The highest BCUT2D eigenvalue weighted by Crippen LogP contribution is 2.19. The number of rotatable bonds is 40. The zero-order valence-corrected chi connectivity index (χ0v) is 31.3. The quantitative estimate of drug-likeness (QED) is 0.0381. The molecule has 0 unspecified atom stereocenters. The maximum absolute atomic E-state index is 6.00. The van der Waals surface area contributed by atoms with E-state index in [1.165, 1.54) is 193 Å². The van der Waals surface area contributed by atoms with Crippen LogP contribution < -0.4 is 0 Å². The second-order valence-electron chi connectivity index (χ2n) is 13.9. The molecular weight excluding hydrogens is 554 g/mol. The minimum Gasteiger partial charge on any atom is -0.393 e. The van der Waals surface area contributed by atoms with Crippen molar-refractivity contribution in [3.63, 3.8) is 0 Å². The highest BCUT2D eigenvalue weighted by atomic mass is 16.6. The number of hydrogen-bond acceptors (Lipinski definition) is 4. The van der Waals surface area contributed by atoms with Crippen molar-refractivity contribution in [2.75, 3.05) is 26.9 Å². The van der Waals surface area contributed by atoms with Crippen molar-refractivity contribution in [2.24, 2.45) is 5.16 Å². The summed E-state index contributed by atoms with van der Waals surface area (Å²) in [6.07, 6.45) is 47.7. The second-order valence-corrected chi connectivity index (χ2v) is 13.9. The Labute approximate surface area is 284 Å². The number of hydrogen-bond donors (Lipinski definition) is 0. The highest BCUT2D eigenvalue weighted by Gasteiger charge is 2.09. The first-order chi connectivity index (χ1) is 22.3. The van der Waals surface area contributed by atoms with Gasteiger partial charge in [0.25, 0.3) is 0 Å². The Balaban J connectivity index is 3.86. The summed E-state index contributed by atoms with van der Waals surface area (Å²) in [4.78, 5) is 6.00. The topological polar surface area (TPSA) is 40.0 Å². The summed E-state index contributed by atoms with van der Waals surface area (Å²) < 4.78 is 10.6. The highest BCUT2D eigenvalue weighted by molar-refractivity contribution is 5.56. The van der Waals surface area contributed by atoms with Crippen molar-refractivity contribution in [3.8, 4) is 0 Å². The average Bonchev–Trinajstić information content (AvgIpc) is 3.05. The van der Waals surface area contributed by atoms with E-state index >= 15 is 0 Å². The summed E-state index contributed by atoms with van der Waals surface area (Å²) in [5.74, 6) is 0. The van der Waals surface area contributed by atoms with Crippen molar-refractivity contribution in [3.05, 3.63) is 0 Å².